The lowest BCUT2D eigenvalue weighted by Gasteiger charge is -2.24. The SMILES string of the molecule is COc1ccc(CC(=O)N2CCCC2c2cc3nc(C)c(C)c(=O)n3[nH]2)cc1OC. The molecule has 8 heteroatoms. The minimum absolute atomic E-state index is 0.0380. The Balaban J connectivity index is 1.59. The summed E-state index contributed by atoms with van der Waals surface area (Å²) in [4.78, 5) is 32.0. The number of hydrogen-bond acceptors (Lipinski definition) is 5. The quantitative estimate of drug-likeness (QED) is 0.698. The highest BCUT2D eigenvalue weighted by Crippen LogP contribution is 2.33. The fourth-order valence-electron chi connectivity index (χ4n) is 4.06. The summed E-state index contributed by atoms with van der Waals surface area (Å²) in [5.74, 6) is 1.28. The molecule has 1 saturated heterocycles. The Morgan fingerprint density at radius 1 is 1.20 bits per heavy atom. The summed E-state index contributed by atoms with van der Waals surface area (Å²) in [6, 6.07) is 7.30. The minimum atomic E-state index is -0.107. The van der Waals surface area contributed by atoms with Gasteiger partial charge in [0.05, 0.1) is 32.4 Å². The monoisotopic (exact) mass is 410 g/mol. The molecule has 1 atom stereocenters. The normalized spacial score (nSPS) is 16.3. The van der Waals surface area contributed by atoms with Crippen molar-refractivity contribution in [2.75, 3.05) is 20.8 Å². The molecule has 2 aromatic heterocycles. The maximum atomic E-state index is 13.1. The van der Waals surface area contributed by atoms with Gasteiger partial charge in [-0.05, 0) is 44.4 Å². The van der Waals surface area contributed by atoms with Crippen molar-refractivity contribution in [1.82, 2.24) is 19.5 Å². The molecular weight excluding hydrogens is 384 g/mol. The second kappa shape index (κ2) is 7.85. The molecule has 8 nitrogen and oxygen atoms in total. The van der Waals surface area contributed by atoms with E-state index in [1.54, 1.807) is 21.1 Å². The van der Waals surface area contributed by atoms with Gasteiger partial charge in [-0.1, -0.05) is 6.07 Å². The number of fused-ring (bicyclic) bond motifs is 1. The van der Waals surface area contributed by atoms with Gasteiger partial charge in [-0.2, -0.15) is 0 Å². The van der Waals surface area contributed by atoms with Crippen molar-refractivity contribution in [3.63, 3.8) is 0 Å². The number of aryl methyl sites for hydroxylation is 1. The van der Waals surface area contributed by atoms with Gasteiger partial charge in [0, 0.05) is 23.9 Å². The number of aromatic amines is 1. The van der Waals surface area contributed by atoms with Crippen LogP contribution < -0.4 is 15.0 Å². The average Bonchev–Trinajstić information content (AvgIpc) is 3.39. The van der Waals surface area contributed by atoms with Gasteiger partial charge in [-0.3, -0.25) is 14.7 Å². The Bertz CT molecular complexity index is 1160. The van der Waals surface area contributed by atoms with Crippen molar-refractivity contribution < 1.29 is 14.3 Å². The molecule has 4 rings (SSSR count). The number of carbonyl (C=O) groups is 1. The van der Waals surface area contributed by atoms with E-state index in [0.717, 1.165) is 29.8 Å². The Morgan fingerprint density at radius 3 is 2.70 bits per heavy atom. The van der Waals surface area contributed by atoms with Crippen LogP contribution in [-0.2, 0) is 11.2 Å². The molecule has 1 unspecified atom stereocenters. The third-order valence-electron chi connectivity index (χ3n) is 5.84. The molecule has 3 heterocycles. The number of likely N-dealkylation sites (tertiary alicyclic amines) is 1. The summed E-state index contributed by atoms with van der Waals surface area (Å²) < 4.78 is 12.1. The number of nitrogens with zero attached hydrogens (tertiary/aromatic N) is 3. The van der Waals surface area contributed by atoms with E-state index in [1.165, 1.54) is 4.52 Å². The first-order valence-electron chi connectivity index (χ1n) is 10.0. The van der Waals surface area contributed by atoms with E-state index >= 15 is 0 Å². The summed E-state index contributed by atoms with van der Waals surface area (Å²) in [6.45, 7) is 4.29. The summed E-state index contributed by atoms with van der Waals surface area (Å²) in [5.41, 5.74) is 3.51. The summed E-state index contributed by atoms with van der Waals surface area (Å²) in [7, 11) is 3.16. The Labute approximate surface area is 174 Å². The molecule has 0 spiro atoms. The number of amides is 1. The zero-order chi connectivity index (χ0) is 21.4. The molecule has 3 aromatic rings. The highest BCUT2D eigenvalue weighted by atomic mass is 16.5. The topological polar surface area (TPSA) is 88.9 Å². The zero-order valence-electron chi connectivity index (χ0n) is 17.7. The molecule has 0 saturated carbocycles. The van der Waals surface area contributed by atoms with Crippen LogP contribution in [0.2, 0.25) is 0 Å². The van der Waals surface area contributed by atoms with Gasteiger partial charge in [0.1, 0.15) is 0 Å². The van der Waals surface area contributed by atoms with Crippen LogP contribution in [0.4, 0.5) is 0 Å². The summed E-state index contributed by atoms with van der Waals surface area (Å²) in [5, 5.41) is 3.17. The predicted molar refractivity (Wildman–Crippen MR) is 112 cm³/mol. The van der Waals surface area contributed by atoms with Crippen LogP contribution in [0.25, 0.3) is 5.65 Å². The predicted octanol–water partition coefficient (Wildman–Crippen LogP) is 2.56. The fourth-order valence-corrected chi connectivity index (χ4v) is 4.06. The van der Waals surface area contributed by atoms with Crippen LogP contribution in [0.15, 0.2) is 29.1 Å². The standard InChI is InChI=1S/C22H26N4O4/c1-13-14(2)23-20-12-16(24-26(20)22(13)28)17-6-5-9-25(17)21(27)11-15-7-8-18(29-3)19(10-15)30-4/h7-8,10,12,17,24H,5-6,9,11H2,1-4H3. The van der Waals surface area contributed by atoms with E-state index in [1.807, 2.05) is 36.1 Å². The number of aromatic nitrogens is 3. The molecule has 1 aliphatic rings. The minimum Gasteiger partial charge on any atom is -0.493 e. The van der Waals surface area contributed by atoms with Crippen molar-refractivity contribution in [1.29, 1.82) is 0 Å². The molecule has 1 aliphatic heterocycles. The number of methoxy groups -OCH3 is 2. The van der Waals surface area contributed by atoms with Gasteiger partial charge in [-0.15, -0.1) is 0 Å². The first kappa shape index (κ1) is 20.0. The third-order valence-corrected chi connectivity index (χ3v) is 5.84. The molecule has 30 heavy (non-hydrogen) atoms. The molecule has 0 radical (unpaired) electrons. The van der Waals surface area contributed by atoms with Crippen LogP contribution in [0.3, 0.4) is 0 Å². The summed E-state index contributed by atoms with van der Waals surface area (Å²) >= 11 is 0. The maximum absolute atomic E-state index is 13.1. The van der Waals surface area contributed by atoms with Gasteiger partial charge >= 0.3 is 0 Å². The van der Waals surface area contributed by atoms with E-state index in [2.05, 4.69) is 10.1 Å². The van der Waals surface area contributed by atoms with Crippen LogP contribution in [-0.4, -0.2) is 46.2 Å². The average molecular weight is 410 g/mol. The molecular formula is C22H26N4O4. The lowest BCUT2D eigenvalue weighted by atomic mass is 10.1. The van der Waals surface area contributed by atoms with Crippen LogP contribution in [0.5, 0.6) is 11.5 Å². The smallest absolute Gasteiger partial charge is 0.275 e. The number of rotatable bonds is 5. The summed E-state index contributed by atoms with van der Waals surface area (Å²) in [6.07, 6.45) is 2.03. The van der Waals surface area contributed by atoms with E-state index < -0.39 is 0 Å². The van der Waals surface area contributed by atoms with Crippen LogP contribution in [0.1, 0.15) is 41.4 Å². The van der Waals surface area contributed by atoms with E-state index in [4.69, 9.17) is 9.47 Å². The van der Waals surface area contributed by atoms with Gasteiger partial charge in [0.25, 0.3) is 5.56 Å². The highest BCUT2D eigenvalue weighted by molar-refractivity contribution is 5.79. The number of hydrogen-bond donors (Lipinski definition) is 1. The molecule has 0 bridgehead atoms. The van der Waals surface area contributed by atoms with Crippen LogP contribution >= 0.6 is 0 Å². The third kappa shape index (κ3) is 3.42. The van der Waals surface area contributed by atoms with Crippen molar-refractivity contribution in [3.8, 4) is 11.5 Å². The van der Waals surface area contributed by atoms with Crippen molar-refractivity contribution in [2.45, 2.75) is 39.2 Å². The van der Waals surface area contributed by atoms with Gasteiger partial charge in [0.15, 0.2) is 17.1 Å². The van der Waals surface area contributed by atoms with Crippen molar-refractivity contribution >= 4 is 11.6 Å². The van der Waals surface area contributed by atoms with Gasteiger partial charge in [-0.25, -0.2) is 9.50 Å². The Morgan fingerprint density at radius 2 is 1.97 bits per heavy atom. The van der Waals surface area contributed by atoms with Crippen molar-refractivity contribution in [2.24, 2.45) is 0 Å². The second-order valence-corrected chi connectivity index (χ2v) is 7.64. The van der Waals surface area contributed by atoms with Crippen LogP contribution in [0, 0.1) is 13.8 Å². The molecule has 158 valence electrons. The van der Waals surface area contributed by atoms with Crippen molar-refractivity contribution in [3.05, 3.63) is 57.1 Å². The molecule has 1 amide bonds. The Kier molecular flexibility index (Phi) is 5.24. The largest absolute Gasteiger partial charge is 0.493 e. The number of nitrogens with one attached hydrogen (secondary N) is 1. The Hall–Kier alpha value is -3.29. The van der Waals surface area contributed by atoms with E-state index in [-0.39, 0.29) is 23.9 Å². The van der Waals surface area contributed by atoms with Gasteiger partial charge < -0.3 is 14.4 Å². The first-order valence-corrected chi connectivity index (χ1v) is 10.0. The molecule has 0 aliphatic carbocycles. The zero-order valence-corrected chi connectivity index (χ0v) is 17.7. The fraction of sp³-hybridized carbons (Fsp3) is 0.409. The maximum Gasteiger partial charge on any atom is 0.275 e. The molecule has 1 N–H and O–H groups in total. The highest BCUT2D eigenvalue weighted by Gasteiger charge is 2.31. The number of benzene rings is 1. The molecule has 1 aromatic carbocycles. The van der Waals surface area contributed by atoms with E-state index in [0.29, 0.717) is 29.3 Å². The molecule has 1 fully saturated rings. The number of H-pyrrole nitrogens is 1. The number of carbonyl (C=O) groups excluding carboxylic acids is 1. The van der Waals surface area contributed by atoms with E-state index in [9.17, 15) is 9.59 Å². The first-order chi connectivity index (χ1) is 14.4. The van der Waals surface area contributed by atoms with Gasteiger partial charge in [0.2, 0.25) is 5.91 Å². The lowest BCUT2D eigenvalue weighted by molar-refractivity contribution is -0.131. The lowest BCUT2D eigenvalue weighted by Crippen LogP contribution is -2.32. The second-order valence-electron chi connectivity index (χ2n) is 7.64. The number of ether oxygens (including phenoxy) is 2.